The van der Waals surface area contributed by atoms with Crippen LogP contribution in [0.3, 0.4) is 0 Å². The van der Waals surface area contributed by atoms with Crippen molar-refractivity contribution in [2.45, 2.75) is 18.7 Å². The van der Waals surface area contributed by atoms with E-state index >= 15 is 0 Å². The normalized spacial score (nSPS) is 18.9. The van der Waals surface area contributed by atoms with Crippen molar-refractivity contribution in [3.63, 3.8) is 0 Å². The third kappa shape index (κ3) is 3.39. The van der Waals surface area contributed by atoms with Crippen molar-refractivity contribution in [3.8, 4) is 5.75 Å². The molecule has 0 saturated carbocycles. The summed E-state index contributed by atoms with van der Waals surface area (Å²) in [4.78, 5) is 11.0. The van der Waals surface area contributed by atoms with E-state index in [9.17, 15) is 10.1 Å². The van der Waals surface area contributed by atoms with Crippen LogP contribution in [0.1, 0.15) is 35.4 Å². The lowest BCUT2D eigenvalue weighted by molar-refractivity contribution is -0.385. The lowest BCUT2D eigenvalue weighted by Crippen LogP contribution is -2.33. The molecule has 33 heavy (non-hydrogen) atoms. The quantitative estimate of drug-likeness (QED) is 0.256. The highest BCUT2D eigenvalue weighted by Gasteiger charge is 2.41. The van der Waals surface area contributed by atoms with Crippen LogP contribution in [0.25, 0.3) is 10.8 Å². The Morgan fingerprint density at radius 2 is 1.82 bits per heavy atom. The van der Waals surface area contributed by atoms with Crippen molar-refractivity contribution in [2.24, 2.45) is 5.10 Å². The maximum atomic E-state index is 11.4. The summed E-state index contributed by atoms with van der Waals surface area (Å²) >= 11 is 6.31. The molecule has 162 valence electrons. The lowest BCUT2D eigenvalue weighted by atomic mass is 9.95. The van der Waals surface area contributed by atoms with Gasteiger partial charge in [0.1, 0.15) is 5.75 Å². The number of rotatable bonds is 3. The lowest BCUT2D eigenvalue weighted by Gasteiger charge is -2.38. The van der Waals surface area contributed by atoms with Gasteiger partial charge in [-0.05, 0) is 40.6 Å². The van der Waals surface area contributed by atoms with Gasteiger partial charge in [-0.25, -0.2) is 5.01 Å². The Morgan fingerprint density at radius 3 is 2.67 bits per heavy atom. The number of non-ortho nitro benzene ring substituents is 1. The summed E-state index contributed by atoms with van der Waals surface area (Å²) in [6, 6.07) is 26.6. The van der Waals surface area contributed by atoms with E-state index in [4.69, 9.17) is 21.4 Å². The predicted molar refractivity (Wildman–Crippen MR) is 128 cm³/mol. The van der Waals surface area contributed by atoms with Crippen LogP contribution < -0.4 is 4.74 Å². The topological polar surface area (TPSA) is 68.0 Å². The van der Waals surface area contributed by atoms with E-state index in [1.807, 2.05) is 35.3 Å². The number of halogens is 1. The van der Waals surface area contributed by atoms with Gasteiger partial charge < -0.3 is 4.74 Å². The van der Waals surface area contributed by atoms with Gasteiger partial charge in [-0.3, -0.25) is 10.1 Å². The maximum Gasteiger partial charge on any atom is 0.269 e. The van der Waals surface area contributed by atoms with Gasteiger partial charge in [-0.1, -0.05) is 60.1 Å². The number of ether oxygens (including phenoxy) is 1. The number of hydrogen-bond acceptors (Lipinski definition) is 5. The minimum absolute atomic E-state index is 0.0208. The summed E-state index contributed by atoms with van der Waals surface area (Å²) < 4.78 is 6.31. The molecule has 0 bridgehead atoms. The van der Waals surface area contributed by atoms with Crippen LogP contribution in [0.4, 0.5) is 5.69 Å². The molecule has 2 atom stereocenters. The zero-order chi connectivity index (χ0) is 22.5. The van der Waals surface area contributed by atoms with E-state index in [0.29, 0.717) is 22.8 Å². The Hall–Kier alpha value is -3.90. The molecule has 7 heteroatoms. The highest BCUT2D eigenvalue weighted by Crippen LogP contribution is 2.48. The van der Waals surface area contributed by atoms with Crippen molar-refractivity contribution in [3.05, 3.63) is 117 Å². The van der Waals surface area contributed by atoms with Crippen molar-refractivity contribution in [1.82, 2.24) is 5.01 Å². The molecule has 0 aromatic heterocycles. The summed E-state index contributed by atoms with van der Waals surface area (Å²) in [6.07, 6.45) is 0.0991. The van der Waals surface area contributed by atoms with E-state index in [-0.39, 0.29) is 11.7 Å². The SMILES string of the molecule is O=[N+]([O-])c1cccc([C@H]2Oc3ccc(Cl)cc3[C@H]3CC(c4ccc5ccccc5c4)=NN32)c1. The summed E-state index contributed by atoms with van der Waals surface area (Å²) in [5, 5.41) is 21.2. The Labute approximate surface area is 194 Å². The Morgan fingerprint density at radius 1 is 0.970 bits per heavy atom. The molecule has 0 unspecified atom stereocenters. The highest BCUT2D eigenvalue weighted by molar-refractivity contribution is 6.30. The molecular weight excluding hydrogens is 438 g/mol. The van der Waals surface area contributed by atoms with E-state index in [2.05, 4.69) is 30.3 Å². The summed E-state index contributed by atoms with van der Waals surface area (Å²) in [7, 11) is 0. The van der Waals surface area contributed by atoms with Crippen LogP contribution in [0, 0.1) is 10.1 Å². The summed E-state index contributed by atoms with van der Waals surface area (Å²) in [5.74, 6) is 0.715. The smallest absolute Gasteiger partial charge is 0.269 e. The molecule has 4 aromatic rings. The van der Waals surface area contributed by atoms with Gasteiger partial charge in [-0.2, -0.15) is 5.10 Å². The van der Waals surface area contributed by atoms with Gasteiger partial charge in [0.05, 0.1) is 16.7 Å². The van der Waals surface area contributed by atoms with Gasteiger partial charge in [0, 0.05) is 34.7 Å². The Kier molecular flexibility index (Phi) is 4.55. The van der Waals surface area contributed by atoms with Crippen LogP contribution in [0.2, 0.25) is 5.02 Å². The molecule has 0 aliphatic carbocycles. The van der Waals surface area contributed by atoms with Crippen molar-refractivity contribution < 1.29 is 9.66 Å². The molecule has 0 saturated heterocycles. The van der Waals surface area contributed by atoms with E-state index in [1.165, 1.54) is 11.5 Å². The number of nitro benzene ring substituents is 1. The number of benzene rings is 4. The van der Waals surface area contributed by atoms with E-state index in [0.717, 1.165) is 22.2 Å². The molecule has 0 spiro atoms. The number of nitro groups is 1. The Balaban J connectivity index is 1.46. The Bertz CT molecular complexity index is 1450. The van der Waals surface area contributed by atoms with Crippen molar-refractivity contribution in [2.75, 3.05) is 0 Å². The van der Waals surface area contributed by atoms with Gasteiger partial charge in [0.15, 0.2) is 0 Å². The second-order valence-electron chi connectivity index (χ2n) is 8.21. The second kappa shape index (κ2) is 7.60. The molecule has 0 radical (unpaired) electrons. The van der Waals surface area contributed by atoms with E-state index < -0.39 is 11.2 Å². The number of hydrazone groups is 1. The fraction of sp³-hybridized carbons (Fsp3) is 0.115. The number of fused-ring (bicyclic) bond motifs is 4. The molecule has 4 aromatic carbocycles. The number of hydrogen-bond donors (Lipinski definition) is 0. The molecule has 0 N–H and O–H groups in total. The first-order valence-electron chi connectivity index (χ1n) is 10.6. The monoisotopic (exact) mass is 455 g/mol. The van der Waals surface area contributed by atoms with Crippen LogP contribution in [-0.2, 0) is 0 Å². The molecule has 2 heterocycles. The van der Waals surface area contributed by atoms with Crippen LogP contribution in [-0.4, -0.2) is 15.6 Å². The first kappa shape index (κ1) is 19.8. The molecule has 0 amide bonds. The zero-order valence-corrected chi connectivity index (χ0v) is 18.1. The molecule has 6 rings (SSSR count). The molecular formula is C26H18ClN3O3. The van der Waals surface area contributed by atoms with Gasteiger partial charge in [0.25, 0.3) is 5.69 Å². The molecule has 0 fully saturated rings. The summed E-state index contributed by atoms with van der Waals surface area (Å²) in [6.45, 7) is 0. The fourth-order valence-corrected chi connectivity index (χ4v) is 4.79. The van der Waals surface area contributed by atoms with Crippen LogP contribution in [0.15, 0.2) is 90.0 Å². The third-order valence-corrected chi connectivity index (χ3v) is 6.44. The number of nitrogens with zero attached hydrogens (tertiary/aromatic N) is 3. The molecule has 2 aliphatic heterocycles. The van der Waals surface area contributed by atoms with E-state index in [1.54, 1.807) is 18.2 Å². The van der Waals surface area contributed by atoms with Crippen LogP contribution in [0.5, 0.6) is 5.75 Å². The average molecular weight is 456 g/mol. The van der Waals surface area contributed by atoms with Gasteiger partial charge >= 0.3 is 0 Å². The molecule has 6 nitrogen and oxygen atoms in total. The molecule has 2 aliphatic rings. The fourth-order valence-electron chi connectivity index (χ4n) is 4.61. The standard InChI is InChI=1S/C26H18ClN3O3/c27-20-10-11-25-22(14-20)24-15-23(18-9-8-16-4-1-2-5-17(16)12-18)28-29(24)26(33-25)19-6-3-7-21(13-19)30(31)32/h1-14,24,26H,15H2/t24-,26-/m1/s1. The van der Waals surface area contributed by atoms with Crippen molar-refractivity contribution in [1.29, 1.82) is 0 Å². The third-order valence-electron chi connectivity index (χ3n) is 6.20. The minimum atomic E-state index is -0.582. The maximum absolute atomic E-state index is 11.4. The first-order chi connectivity index (χ1) is 16.1. The minimum Gasteiger partial charge on any atom is -0.464 e. The van der Waals surface area contributed by atoms with Gasteiger partial charge in [0.2, 0.25) is 6.23 Å². The average Bonchev–Trinajstić information content (AvgIpc) is 3.29. The van der Waals surface area contributed by atoms with Crippen LogP contribution >= 0.6 is 11.6 Å². The predicted octanol–water partition coefficient (Wildman–Crippen LogP) is 6.64. The second-order valence-corrected chi connectivity index (χ2v) is 8.65. The van der Waals surface area contributed by atoms with Gasteiger partial charge in [-0.15, -0.1) is 0 Å². The zero-order valence-electron chi connectivity index (χ0n) is 17.4. The summed E-state index contributed by atoms with van der Waals surface area (Å²) in [5.41, 5.74) is 3.65. The first-order valence-corrected chi connectivity index (χ1v) is 11.0. The largest absolute Gasteiger partial charge is 0.464 e. The highest BCUT2D eigenvalue weighted by atomic mass is 35.5. The van der Waals surface area contributed by atoms with Crippen molar-refractivity contribution >= 4 is 33.8 Å².